The molecular formula is C11H21N3O4. The predicted octanol–water partition coefficient (Wildman–Crippen LogP) is -2.25. The van der Waals surface area contributed by atoms with Gasteiger partial charge in [-0.3, -0.25) is 9.59 Å². The molecule has 0 spiro atoms. The highest BCUT2D eigenvalue weighted by Crippen LogP contribution is 2.07. The van der Waals surface area contributed by atoms with E-state index >= 15 is 0 Å². The molecule has 18 heavy (non-hydrogen) atoms. The maximum Gasteiger partial charge on any atom is 0.246 e. The zero-order valence-electron chi connectivity index (χ0n) is 10.6. The molecule has 0 bridgehead atoms. The number of carbonyl (C=O) groups is 2. The molecule has 104 valence electrons. The van der Waals surface area contributed by atoms with Gasteiger partial charge in [0.1, 0.15) is 6.10 Å². The van der Waals surface area contributed by atoms with Gasteiger partial charge in [0.05, 0.1) is 12.5 Å². The van der Waals surface area contributed by atoms with E-state index in [1.807, 2.05) is 7.05 Å². The molecule has 1 aliphatic rings. The van der Waals surface area contributed by atoms with Crippen molar-refractivity contribution in [3.05, 3.63) is 0 Å². The topological polar surface area (TPSA) is 107 Å². The van der Waals surface area contributed by atoms with Crippen molar-refractivity contribution in [3.8, 4) is 0 Å². The average Bonchev–Trinajstić information content (AvgIpc) is 2.29. The summed E-state index contributed by atoms with van der Waals surface area (Å²) in [5.74, 6) is -1.05. The molecule has 0 aliphatic carbocycles. The summed E-state index contributed by atoms with van der Waals surface area (Å²) in [6.07, 6.45) is -2.73. The SMILES string of the molecule is CN1CCN(C(=O)C[C@H](O)C[C@H](O)C(N)=O)CC1. The number of piperazine rings is 1. The molecule has 0 aromatic carbocycles. The highest BCUT2D eigenvalue weighted by molar-refractivity contribution is 5.79. The van der Waals surface area contributed by atoms with E-state index in [0.717, 1.165) is 13.1 Å². The van der Waals surface area contributed by atoms with Crippen LogP contribution >= 0.6 is 0 Å². The Morgan fingerprint density at radius 1 is 1.22 bits per heavy atom. The Bertz CT molecular complexity index is 303. The van der Waals surface area contributed by atoms with Crippen LogP contribution in [0.4, 0.5) is 0 Å². The molecule has 2 amide bonds. The molecule has 1 rings (SSSR count). The number of nitrogens with two attached hydrogens (primary N) is 1. The van der Waals surface area contributed by atoms with Crippen molar-refractivity contribution >= 4 is 11.8 Å². The summed E-state index contributed by atoms with van der Waals surface area (Å²) >= 11 is 0. The summed E-state index contributed by atoms with van der Waals surface area (Å²) < 4.78 is 0. The van der Waals surface area contributed by atoms with Crippen molar-refractivity contribution in [2.45, 2.75) is 25.0 Å². The minimum absolute atomic E-state index is 0.0892. The standard InChI is InChI=1S/C11H21N3O4/c1-13-2-4-14(5-3-13)10(17)7-8(15)6-9(16)11(12)18/h8-9,15-16H,2-7H2,1H3,(H2,12,18)/t8-,9+/m1/s1. The van der Waals surface area contributed by atoms with Crippen molar-refractivity contribution in [2.24, 2.45) is 5.73 Å². The minimum Gasteiger partial charge on any atom is -0.392 e. The van der Waals surface area contributed by atoms with Gasteiger partial charge in [-0.25, -0.2) is 0 Å². The zero-order chi connectivity index (χ0) is 13.7. The van der Waals surface area contributed by atoms with Gasteiger partial charge in [0.15, 0.2) is 0 Å². The van der Waals surface area contributed by atoms with Crippen LogP contribution in [-0.2, 0) is 9.59 Å². The molecule has 0 radical (unpaired) electrons. The van der Waals surface area contributed by atoms with Crippen molar-refractivity contribution < 1.29 is 19.8 Å². The molecule has 1 fully saturated rings. The summed E-state index contributed by atoms with van der Waals surface area (Å²) in [6, 6.07) is 0. The van der Waals surface area contributed by atoms with Gasteiger partial charge in [-0.1, -0.05) is 0 Å². The highest BCUT2D eigenvalue weighted by atomic mass is 16.3. The lowest BCUT2D eigenvalue weighted by Gasteiger charge is -2.33. The van der Waals surface area contributed by atoms with Crippen LogP contribution in [0.25, 0.3) is 0 Å². The lowest BCUT2D eigenvalue weighted by Crippen LogP contribution is -2.48. The molecule has 1 saturated heterocycles. The van der Waals surface area contributed by atoms with E-state index in [4.69, 9.17) is 5.73 Å². The number of rotatable bonds is 5. The Morgan fingerprint density at radius 2 is 1.78 bits per heavy atom. The molecule has 2 atom stereocenters. The Morgan fingerprint density at radius 3 is 2.28 bits per heavy atom. The summed E-state index contributed by atoms with van der Waals surface area (Å²) in [4.78, 5) is 26.2. The van der Waals surface area contributed by atoms with Gasteiger partial charge >= 0.3 is 0 Å². The van der Waals surface area contributed by atoms with E-state index in [9.17, 15) is 19.8 Å². The fourth-order valence-corrected chi connectivity index (χ4v) is 1.84. The van der Waals surface area contributed by atoms with Gasteiger partial charge in [0.2, 0.25) is 11.8 Å². The first kappa shape index (κ1) is 14.9. The van der Waals surface area contributed by atoms with Crippen LogP contribution in [0.3, 0.4) is 0 Å². The molecular weight excluding hydrogens is 238 g/mol. The first-order chi connectivity index (χ1) is 8.40. The molecule has 4 N–H and O–H groups in total. The summed E-state index contributed by atoms with van der Waals surface area (Å²) in [7, 11) is 1.99. The van der Waals surface area contributed by atoms with E-state index in [2.05, 4.69) is 4.90 Å². The monoisotopic (exact) mass is 259 g/mol. The molecule has 7 heteroatoms. The summed E-state index contributed by atoms with van der Waals surface area (Å²) in [5.41, 5.74) is 4.87. The second-order valence-electron chi connectivity index (χ2n) is 4.70. The normalized spacial score (nSPS) is 20.5. The number of amides is 2. The van der Waals surface area contributed by atoms with Gasteiger partial charge in [0, 0.05) is 32.6 Å². The lowest BCUT2D eigenvalue weighted by atomic mass is 10.1. The second kappa shape index (κ2) is 6.67. The Balaban J connectivity index is 2.33. The van der Waals surface area contributed by atoms with Gasteiger partial charge in [-0.15, -0.1) is 0 Å². The smallest absolute Gasteiger partial charge is 0.246 e. The second-order valence-corrected chi connectivity index (χ2v) is 4.70. The number of hydrogen-bond acceptors (Lipinski definition) is 5. The van der Waals surface area contributed by atoms with E-state index in [1.54, 1.807) is 4.90 Å². The van der Waals surface area contributed by atoms with Gasteiger partial charge < -0.3 is 25.7 Å². The van der Waals surface area contributed by atoms with Crippen LogP contribution in [0.2, 0.25) is 0 Å². The van der Waals surface area contributed by atoms with Crippen LogP contribution in [0.15, 0.2) is 0 Å². The molecule has 1 heterocycles. The first-order valence-corrected chi connectivity index (χ1v) is 6.02. The number of primary amides is 1. The van der Waals surface area contributed by atoms with Crippen LogP contribution in [0.5, 0.6) is 0 Å². The third-order valence-electron chi connectivity index (χ3n) is 3.09. The predicted molar refractivity (Wildman–Crippen MR) is 64.5 cm³/mol. The van der Waals surface area contributed by atoms with Crippen LogP contribution in [0, 0.1) is 0 Å². The van der Waals surface area contributed by atoms with E-state index in [1.165, 1.54) is 0 Å². The number of likely N-dealkylation sites (N-methyl/N-ethyl adjacent to an activating group) is 1. The minimum atomic E-state index is -1.40. The fraction of sp³-hybridized carbons (Fsp3) is 0.818. The molecule has 7 nitrogen and oxygen atoms in total. The summed E-state index contributed by atoms with van der Waals surface area (Å²) in [6.45, 7) is 2.90. The fourth-order valence-electron chi connectivity index (χ4n) is 1.84. The van der Waals surface area contributed by atoms with Gasteiger partial charge in [0.25, 0.3) is 0 Å². The number of aliphatic hydroxyl groups excluding tert-OH is 2. The zero-order valence-corrected chi connectivity index (χ0v) is 10.6. The number of hydrogen-bond donors (Lipinski definition) is 3. The Hall–Kier alpha value is -1.18. The van der Waals surface area contributed by atoms with E-state index in [-0.39, 0.29) is 18.7 Å². The van der Waals surface area contributed by atoms with Crippen LogP contribution < -0.4 is 5.73 Å². The summed E-state index contributed by atoms with van der Waals surface area (Å²) in [5, 5.41) is 18.8. The first-order valence-electron chi connectivity index (χ1n) is 6.02. The van der Waals surface area contributed by atoms with Gasteiger partial charge in [-0.05, 0) is 7.05 Å². The Kier molecular flexibility index (Phi) is 5.52. The maximum atomic E-state index is 11.8. The maximum absolute atomic E-state index is 11.8. The Labute approximate surface area is 106 Å². The highest BCUT2D eigenvalue weighted by Gasteiger charge is 2.23. The average molecular weight is 259 g/mol. The van der Waals surface area contributed by atoms with Crippen LogP contribution in [0.1, 0.15) is 12.8 Å². The lowest BCUT2D eigenvalue weighted by molar-refractivity contribution is -0.136. The van der Waals surface area contributed by atoms with Crippen LogP contribution in [-0.4, -0.2) is 77.3 Å². The molecule has 0 aromatic rings. The number of aliphatic hydroxyl groups is 2. The van der Waals surface area contributed by atoms with E-state index in [0.29, 0.717) is 13.1 Å². The van der Waals surface area contributed by atoms with Crippen molar-refractivity contribution in [3.63, 3.8) is 0 Å². The third-order valence-corrected chi connectivity index (χ3v) is 3.09. The molecule has 0 saturated carbocycles. The third kappa shape index (κ3) is 4.59. The van der Waals surface area contributed by atoms with Crippen molar-refractivity contribution in [1.29, 1.82) is 0 Å². The quantitative estimate of drug-likeness (QED) is 0.517. The van der Waals surface area contributed by atoms with Gasteiger partial charge in [-0.2, -0.15) is 0 Å². The molecule has 1 aliphatic heterocycles. The van der Waals surface area contributed by atoms with Crippen molar-refractivity contribution in [2.75, 3.05) is 33.2 Å². The molecule has 0 unspecified atom stereocenters. The van der Waals surface area contributed by atoms with E-state index < -0.39 is 18.1 Å². The molecule has 0 aromatic heterocycles. The number of carbonyl (C=O) groups excluding carboxylic acids is 2. The largest absolute Gasteiger partial charge is 0.392 e. The van der Waals surface area contributed by atoms with Crippen molar-refractivity contribution in [1.82, 2.24) is 9.80 Å². The number of nitrogens with zero attached hydrogens (tertiary/aromatic N) is 2.